The summed E-state index contributed by atoms with van der Waals surface area (Å²) in [7, 11) is 0. The summed E-state index contributed by atoms with van der Waals surface area (Å²) in [5.74, 6) is 1.53. The summed E-state index contributed by atoms with van der Waals surface area (Å²) in [5, 5.41) is 2.97. The fraction of sp³-hybridized carbons (Fsp3) is 0.227. The largest absolute Gasteiger partial charge is 0.416 e. The molecule has 1 fully saturated rings. The zero-order chi connectivity index (χ0) is 21.6. The molecule has 31 heavy (non-hydrogen) atoms. The second-order valence-corrected chi connectivity index (χ2v) is 7.53. The smallest absolute Gasteiger partial charge is 0.339 e. The quantitative estimate of drug-likeness (QED) is 0.407. The molecule has 2 aromatic heterocycles. The summed E-state index contributed by atoms with van der Waals surface area (Å²) >= 11 is 0. The van der Waals surface area contributed by atoms with Gasteiger partial charge in [0.25, 0.3) is 0 Å². The van der Waals surface area contributed by atoms with Crippen LogP contribution in [0.25, 0.3) is 16.9 Å². The number of alkyl halides is 3. The lowest BCUT2D eigenvalue weighted by Gasteiger charge is -2.25. The van der Waals surface area contributed by atoms with Crippen molar-refractivity contribution >= 4 is 22.5 Å². The third-order valence-corrected chi connectivity index (χ3v) is 5.45. The standard InChI is InChI=1S/C22H17F4N5/c23-15-6-9-17-18(10-15)31(21(29-17)13-2-1-3-13)20-12-27-11-19(30-20)28-16-7-4-14(5-8-16)22(24,25)26/h4-13H,1-3H2,(H,28,30). The maximum Gasteiger partial charge on any atom is 0.416 e. The number of nitrogens with one attached hydrogen (secondary N) is 1. The number of halogens is 4. The number of rotatable bonds is 4. The predicted molar refractivity (Wildman–Crippen MR) is 108 cm³/mol. The average Bonchev–Trinajstić information content (AvgIpc) is 3.04. The average molecular weight is 427 g/mol. The summed E-state index contributed by atoms with van der Waals surface area (Å²) in [4.78, 5) is 13.5. The van der Waals surface area contributed by atoms with Crippen molar-refractivity contribution in [3.8, 4) is 5.82 Å². The molecule has 1 N–H and O–H groups in total. The molecule has 4 aromatic rings. The summed E-state index contributed by atoms with van der Waals surface area (Å²) < 4.78 is 54.1. The molecule has 0 saturated heterocycles. The molecular weight excluding hydrogens is 410 g/mol. The van der Waals surface area contributed by atoms with Gasteiger partial charge in [-0.25, -0.2) is 14.4 Å². The first kappa shape index (κ1) is 19.5. The van der Waals surface area contributed by atoms with Crippen molar-refractivity contribution in [2.75, 3.05) is 5.32 Å². The van der Waals surface area contributed by atoms with Gasteiger partial charge in [-0.15, -0.1) is 0 Å². The highest BCUT2D eigenvalue weighted by molar-refractivity contribution is 5.78. The molecule has 1 aliphatic rings. The van der Waals surface area contributed by atoms with E-state index in [1.165, 1.54) is 30.5 Å². The highest BCUT2D eigenvalue weighted by Gasteiger charge is 2.30. The van der Waals surface area contributed by atoms with E-state index in [0.717, 1.165) is 37.2 Å². The van der Waals surface area contributed by atoms with Crippen molar-refractivity contribution in [3.63, 3.8) is 0 Å². The number of fused-ring (bicyclic) bond motifs is 1. The van der Waals surface area contributed by atoms with Crippen LogP contribution in [0.2, 0.25) is 0 Å². The van der Waals surface area contributed by atoms with Crippen molar-refractivity contribution in [2.24, 2.45) is 0 Å². The first-order chi connectivity index (χ1) is 14.9. The van der Waals surface area contributed by atoms with Gasteiger partial charge in [0.1, 0.15) is 11.6 Å². The predicted octanol–water partition coefficient (Wildman–Crippen LogP) is 5.98. The van der Waals surface area contributed by atoms with Crippen LogP contribution in [0, 0.1) is 5.82 Å². The van der Waals surface area contributed by atoms with Crippen molar-refractivity contribution in [1.29, 1.82) is 0 Å². The molecule has 5 nitrogen and oxygen atoms in total. The number of imidazole rings is 1. The molecule has 2 heterocycles. The van der Waals surface area contributed by atoms with Gasteiger partial charge in [0.2, 0.25) is 0 Å². The Morgan fingerprint density at radius 3 is 2.42 bits per heavy atom. The van der Waals surface area contributed by atoms with Crippen LogP contribution in [0.4, 0.5) is 29.1 Å². The van der Waals surface area contributed by atoms with Gasteiger partial charge in [-0.1, -0.05) is 6.42 Å². The second-order valence-electron chi connectivity index (χ2n) is 7.53. The lowest BCUT2D eigenvalue weighted by Crippen LogP contribution is -2.15. The first-order valence-electron chi connectivity index (χ1n) is 9.83. The molecule has 0 atom stereocenters. The maximum absolute atomic E-state index is 14.0. The third kappa shape index (κ3) is 3.71. The Hall–Kier alpha value is -3.49. The van der Waals surface area contributed by atoms with Gasteiger partial charge in [0, 0.05) is 17.7 Å². The van der Waals surface area contributed by atoms with Crippen LogP contribution in [0.3, 0.4) is 0 Å². The van der Waals surface area contributed by atoms with E-state index in [2.05, 4.69) is 15.3 Å². The Kier molecular flexibility index (Phi) is 4.60. The van der Waals surface area contributed by atoms with E-state index >= 15 is 0 Å². The van der Waals surface area contributed by atoms with E-state index in [0.29, 0.717) is 28.4 Å². The van der Waals surface area contributed by atoms with Crippen LogP contribution >= 0.6 is 0 Å². The highest BCUT2D eigenvalue weighted by atomic mass is 19.4. The SMILES string of the molecule is Fc1ccc2nc(C3CCC3)n(-c3cncc(Nc4ccc(C(F)(F)F)cc4)n3)c2c1. The number of anilines is 2. The van der Waals surface area contributed by atoms with Crippen LogP contribution in [0.5, 0.6) is 0 Å². The fourth-order valence-electron chi connectivity index (χ4n) is 3.66. The van der Waals surface area contributed by atoms with E-state index in [1.807, 2.05) is 4.57 Å². The third-order valence-electron chi connectivity index (χ3n) is 5.45. The van der Waals surface area contributed by atoms with Crippen LogP contribution < -0.4 is 5.32 Å². The summed E-state index contributed by atoms with van der Waals surface area (Å²) in [6.45, 7) is 0. The highest BCUT2D eigenvalue weighted by Crippen LogP contribution is 2.38. The summed E-state index contributed by atoms with van der Waals surface area (Å²) in [5.41, 5.74) is 0.990. The minimum absolute atomic E-state index is 0.267. The van der Waals surface area contributed by atoms with Gasteiger partial charge in [-0.05, 0) is 49.2 Å². The van der Waals surface area contributed by atoms with Crippen LogP contribution in [-0.4, -0.2) is 19.5 Å². The van der Waals surface area contributed by atoms with E-state index in [4.69, 9.17) is 4.98 Å². The Morgan fingerprint density at radius 2 is 1.74 bits per heavy atom. The van der Waals surface area contributed by atoms with Crippen molar-refractivity contribution in [2.45, 2.75) is 31.4 Å². The zero-order valence-corrected chi connectivity index (χ0v) is 16.2. The Morgan fingerprint density at radius 1 is 0.968 bits per heavy atom. The summed E-state index contributed by atoms with van der Waals surface area (Å²) in [6, 6.07) is 9.10. The van der Waals surface area contributed by atoms with Gasteiger partial charge in [0.05, 0.1) is 29.0 Å². The molecule has 9 heteroatoms. The van der Waals surface area contributed by atoms with Gasteiger partial charge in [-0.2, -0.15) is 13.2 Å². The molecular formula is C22H17F4N5. The lowest BCUT2D eigenvalue weighted by atomic mass is 9.85. The molecule has 0 bridgehead atoms. The monoisotopic (exact) mass is 427 g/mol. The normalized spacial score (nSPS) is 14.6. The second kappa shape index (κ2) is 7.33. The molecule has 5 rings (SSSR count). The molecule has 1 aliphatic carbocycles. The topological polar surface area (TPSA) is 55.6 Å². The summed E-state index contributed by atoms with van der Waals surface area (Å²) in [6.07, 6.45) is 1.76. The lowest BCUT2D eigenvalue weighted by molar-refractivity contribution is -0.137. The minimum atomic E-state index is -4.39. The van der Waals surface area contributed by atoms with Gasteiger partial charge >= 0.3 is 6.18 Å². The van der Waals surface area contributed by atoms with E-state index < -0.39 is 11.7 Å². The number of hydrogen-bond donors (Lipinski definition) is 1. The Labute approximate surface area is 174 Å². The number of aromatic nitrogens is 4. The Bertz CT molecular complexity index is 1240. The van der Waals surface area contributed by atoms with Gasteiger partial charge in [-0.3, -0.25) is 9.55 Å². The number of benzene rings is 2. The molecule has 158 valence electrons. The maximum atomic E-state index is 14.0. The van der Waals surface area contributed by atoms with Crippen molar-refractivity contribution in [3.05, 3.63) is 72.1 Å². The van der Waals surface area contributed by atoms with Crippen LogP contribution in [0.15, 0.2) is 54.9 Å². The molecule has 1 saturated carbocycles. The molecule has 0 unspecified atom stereocenters. The molecule has 0 radical (unpaired) electrons. The van der Waals surface area contributed by atoms with Crippen molar-refractivity contribution in [1.82, 2.24) is 19.5 Å². The van der Waals surface area contributed by atoms with E-state index in [1.54, 1.807) is 12.3 Å². The van der Waals surface area contributed by atoms with Crippen molar-refractivity contribution < 1.29 is 17.6 Å². The number of hydrogen-bond acceptors (Lipinski definition) is 4. The minimum Gasteiger partial charge on any atom is -0.339 e. The van der Waals surface area contributed by atoms with E-state index in [-0.39, 0.29) is 11.7 Å². The van der Waals surface area contributed by atoms with Gasteiger partial charge < -0.3 is 5.32 Å². The molecule has 0 spiro atoms. The Balaban J connectivity index is 1.52. The molecule has 0 aliphatic heterocycles. The number of nitrogens with zero attached hydrogens (tertiary/aromatic N) is 4. The van der Waals surface area contributed by atoms with Crippen LogP contribution in [-0.2, 0) is 6.18 Å². The zero-order valence-electron chi connectivity index (χ0n) is 16.2. The fourth-order valence-corrected chi connectivity index (χ4v) is 3.66. The first-order valence-corrected chi connectivity index (χ1v) is 9.83. The molecule has 2 aromatic carbocycles. The van der Waals surface area contributed by atoms with Crippen LogP contribution in [0.1, 0.15) is 36.6 Å². The van der Waals surface area contributed by atoms with E-state index in [9.17, 15) is 17.6 Å². The van der Waals surface area contributed by atoms with Gasteiger partial charge in [0.15, 0.2) is 11.6 Å². The molecule has 0 amide bonds.